The predicted molar refractivity (Wildman–Crippen MR) is 71.9 cm³/mol. The van der Waals surface area contributed by atoms with E-state index in [1.54, 1.807) is 29.2 Å². The van der Waals surface area contributed by atoms with Gasteiger partial charge < -0.3 is 19.5 Å². The summed E-state index contributed by atoms with van der Waals surface area (Å²) in [5.74, 6) is -0.483. The van der Waals surface area contributed by atoms with Gasteiger partial charge in [0.1, 0.15) is 12.8 Å². The van der Waals surface area contributed by atoms with E-state index in [2.05, 4.69) is 20.2 Å². The highest BCUT2D eigenvalue weighted by Gasteiger charge is 2.20. The topological polar surface area (TPSA) is 97.6 Å². The molecule has 8 nitrogen and oxygen atoms in total. The Bertz CT molecular complexity index is 639. The molecular formula is C13H12N4O4. The summed E-state index contributed by atoms with van der Waals surface area (Å²) in [6.07, 6.45) is 1.23. The number of carbonyl (C=O) groups excluding carboxylic acids is 2. The normalized spacial score (nSPS) is 15.0. The Labute approximate surface area is 119 Å². The molecule has 1 N–H and O–H groups in total. The van der Waals surface area contributed by atoms with E-state index in [9.17, 15) is 9.59 Å². The summed E-state index contributed by atoms with van der Waals surface area (Å²) in [6, 6.07) is 6.94. The van der Waals surface area contributed by atoms with E-state index < -0.39 is 5.91 Å². The van der Waals surface area contributed by atoms with Gasteiger partial charge in [-0.15, -0.1) is 5.10 Å². The first kappa shape index (κ1) is 13.3. The second-order valence-corrected chi connectivity index (χ2v) is 4.38. The fraction of sp³-hybridized carbons (Fsp3) is 0.231. The maximum atomic E-state index is 11.7. The quantitative estimate of drug-likeness (QED) is 0.892. The molecule has 2 heterocycles. The molecule has 1 aliphatic heterocycles. The number of rotatable bonds is 3. The summed E-state index contributed by atoms with van der Waals surface area (Å²) in [6.45, 7) is 1.13. The van der Waals surface area contributed by atoms with E-state index in [-0.39, 0.29) is 18.3 Å². The minimum atomic E-state index is -0.435. The maximum absolute atomic E-state index is 11.7. The van der Waals surface area contributed by atoms with Gasteiger partial charge in [0.05, 0.1) is 6.61 Å². The molecule has 0 unspecified atom stereocenters. The van der Waals surface area contributed by atoms with Crippen molar-refractivity contribution in [3.8, 4) is 0 Å². The van der Waals surface area contributed by atoms with Crippen LogP contribution >= 0.6 is 0 Å². The SMILES string of the molecule is O=C(Nc1ccc(N2CCOCC2=O)cc1)c1cnno1. The van der Waals surface area contributed by atoms with Crippen LogP contribution in [0.15, 0.2) is 35.0 Å². The minimum absolute atomic E-state index is 0.0300. The number of anilines is 2. The summed E-state index contributed by atoms with van der Waals surface area (Å²) in [7, 11) is 0. The van der Waals surface area contributed by atoms with Crippen molar-refractivity contribution in [2.24, 2.45) is 0 Å². The summed E-state index contributed by atoms with van der Waals surface area (Å²) < 4.78 is 9.74. The Kier molecular flexibility index (Phi) is 3.61. The average molecular weight is 288 g/mol. The summed E-state index contributed by atoms with van der Waals surface area (Å²) in [5, 5.41) is 9.31. The molecule has 8 heteroatoms. The molecule has 1 aromatic carbocycles. The first-order valence-corrected chi connectivity index (χ1v) is 6.31. The van der Waals surface area contributed by atoms with Crippen molar-refractivity contribution >= 4 is 23.2 Å². The van der Waals surface area contributed by atoms with Crippen LogP contribution < -0.4 is 10.2 Å². The summed E-state index contributed by atoms with van der Waals surface area (Å²) >= 11 is 0. The van der Waals surface area contributed by atoms with Gasteiger partial charge in [-0.05, 0) is 24.3 Å². The van der Waals surface area contributed by atoms with Crippen molar-refractivity contribution in [3.63, 3.8) is 0 Å². The molecule has 3 rings (SSSR count). The van der Waals surface area contributed by atoms with E-state index in [1.165, 1.54) is 6.20 Å². The van der Waals surface area contributed by atoms with Crippen molar-refractivity contribution in [1.82, 2.24) is 10.4 Å². The molecule has 1 fully saturated rings. The Morgan fingerprint density at radius 2 is 2.10 bits per heavy atom. The van der Waals surface area contributed by atoms with E-state index in [0.29, 0.717) is 18.8 Å². The lowest BCUT2D eigenvalue weighted by Crippen LogP contribution is -2.41. The number of hydrogen-bond acceptors (Lipinski definition) is 6. The van der Waals surface area contributed by atoms with Crippen molar-refractivity contribution < 1.29 is 18.8 Å². The number of nitrogens with zero attached hydrogens (tertiary/aromatic N) is 3. The van der Waals surface area contributed by atoms with Crippen LogP contribution in [0.25, 0.3) is 0 Å². The molecule has 0 bridgehead atoms. The highest BCUT2D eigenvalue weighted by molar-refractivity contribution is 6.02. The van der Waals surface area contributed by atoms with Gasteiger partial charge in [-0.1, -0.05) is 0 Å². The average Bonchev–Trinajstić information content (AvgIpc) is 3.03. The second-order valence-electron chi connectivity index (χ2n) is 4.38. The number of carbonyl (C=O) groups is 2. The molecule has 1 aromatic heterocycles. The Morgan fingerprint density at radius 1 is 1.29 bits per heavy atom. The van der Waals surface area contributed by atoms with Gasteiger partial charge in [0.2, 0.25) is 5.76 Å². The maximum Gasteiger partial charge on any atom is 0.296 e. The summed E-state index contributed by atoms with van der Waals surface area (Å²) in [5.41, 5.74) is 1.35. The molecule has 108 valence electrons. The van der Waals surface area contributed by atoms with Crippen LogP contribution in [0.1, 0.15) is 10.6 Å². The zero-order valence-corrected chi connectivity index (χ0v) is 11.0. The first-order valence-electron chi connectivity index (χ1n) is 6.31. The number of aromatic nitrogens is 2. The highest BCUT2D eigenvalue weighted by atomic mass is 16.5. The number of nitrogens with one attached hydrogen (secondary N) is 1. The van der Waals surface area contributed by atoms with Gasteiger partial charge in [0, 0.05) is 23.2 Å². The van der Waals surface area contributed by atoms with Crippen LogP contribution in [0, 0.1) is 0 Å². The largest absolute Gasteiger partial charge is 0.370 e. The third-order valence-electron chi connectivity index (χ3n) is 3.01. The van der Waals surface area contributed by atoms with Crippen molar-refractivity contribution in [3.05, 3.63) is 36.2 Å². The molecule has 2 amide bonds. The third kappa shape index (κ3) is 2.90. The zero-order valence-electron chi connectivity index (χ0n) is 11.0. The molecule has 1 saturated heterocycles. The van der Waals surface area contributed by atoms with Crippen molar-refractivity contribution in [1.29, 1.82) is 0 Å². The lowest BCUT2D eigenvalue weighted by molar-refractivity contribution is -0.125. The number of amides is 2. The Morgan fingerprint density at radius 3 is 2.76 bits per heavy atom. The zero-order chi connectivity index (χ0) is 14.7. The number of morpholine rings is 1. The number of benzene rings is 1. The van der Waals surface area contributed by atoms with E-state index in [1.807, 2.05) is 0 Å². The van der Waals surface area contributed by atoms with Gasteiger partial charge in [-0.2, -0.15) is 0 Å². The Hall–Kier alpha value is -2.74. The van der Waals surface area contributed by atoms with Gasteiger partial charge in [0.25, 0.3) is 11.8 Å². The summed E-state index contributed by atoms with van der Waals surface area (Å²) in [4.78, 5) is 25.1. The van der Waals surface area contributed by atoms with Crippen molar-refractivity contribution in [2.45, 2.75) is 0 Å². The van der Waals surface area contributed by atoms with Crippen LogP contribution in [0.5, 0.6) is 0 Å². The van der Waals surface area contributed by atoms with Crippen molar-refractivity contribution in [2.75, 3.05) is 30.0 Å². The molecule has 0 atom stereocenters. The van der Waals surface area contributed by atoms with Crippen LogP contribution in [-0.4, -0.2) is 41.9 Å². The molecule has 2 aromatic rings. The predicted octanol–water partition coefficient (Wildman–Crippen LogP) is 0.685. The van der Waals surface area contributed by atoms with Crippen LogP contribution in [-0.2, 0) is 9.53 Å². The molecule has 0 saturated carbocycles. The van der Waals surface area contributed by atoms with Crippen LogP contribution in [0.2, 0.25) is 0 Å². The molecule has 0 radical (unpaired) electrons. The van der Waals surface area contributed by atoms with Crippen LogP contribution in [0.3, 0.4) is 0 Å². The van der Waals surface area contributed by atoms with Crippen LogP contribution in [0.4, 0.5) is 11.4 Å². The smallest absolute Gasteiger partial charge is 0.296 e. The lowest BCUT2D eigenvalue weighted by Gasteiger charge is -2.26. The highest BCUT2D eigenvalue weighted by Crippen LogP contribution is 2.20. The monoisotopic (exact) mass is 288 g/mol. The Balaban J connectivity index is 1.69. The van der Waals surface area contributed by atoms with Gasteiger partial charge in [-0.3, -0.25) is 9.59 Å². The standard InChI is InChI=1S/C13H12N4O4/c18-12-8-20-6-5-17(12)10-3-1-9(2-4-10)15-13(19)11-7-14-16-21-11/h1-4,7H,5-6,8H2,(H,15,19). The molecule has 0 aliphatic carbocycles. The van der Waals surface area contributed by atoms with E-state index >= 15 is 0 Å². The molecule has 0 spiro atoms. The minimum Gasteiger partial charge on any atom is -0.370 e. The molecule has 21 heavy (non-hydrogen) atoms. The second kappa shape index (κ2) is 5.71. The fourth-order valence-corrected chi connectivity index (χ4v) is 1.98. The van der Waals surface area contributed by atoms with Gasteiger partial charge in [-0.25, -0.2) is 0 Å². The first-order chi connectivity index (χ1) is 10.2. The number of hydrogen-bond donors (Lipinski definition) is 1. The fourth-order valence-electron chi connectivity index (χ4n) is 1.98. The van der Waals surface area contributed by atoms with E-state index in [0.717, 1.165) is 5.69 Å². The van der Waals surface area contributed by atoms with E-state index in [4.69, 9.17) is 4.74 Å². The van der Waals surface area contributed by atoms with Gasteiger partial charge >= 0.3 is 0 Å². The number of ether oxygens (including phenoxy) is 1. The molecule has 1 aliphatic rings. The van der Waals surface area contributed by atoms with Gasteiger partial charge in [0.15, 0.2) is 0 Å². The molecular weight excluding hydrogens is 276 g/mol. The third-order valence-corrected chi connectivity index (χ3v) is 3.01. The lowest BCUT2D eigenvalue weighted by atomic mass is 10.2.